The highest BCUT2D eigenvalue weighted by Gasteiger charge is 2.22. The third-order valence-electron chi connectivity index (χ3n) is 3.21. The van der Waals surface area contributed by atoms with Gasteiger partial charge >= 0.3 is 0 Å². The van der Waals surface area contributed by atoms with Gasteiger partial charge in [0.25, 0.3) is 0 Å². The molecule has 0 nitrogen and oxygen atoms in total. The van der Waals surface area contributed by atoms with Crippen LogP contribution in [0, 0.1) is 0 Å². The molecule has 1 fully saturated rings. The monoisotopic (exact) mass is 196 g/mol. The maximum Gasteiger partial charge on any atom is 0.124 e. The fourth-order valence-electron chi connectivity index (χ4n) is 2.39. The van der Waals surface area contributed by atoms with Crippen molar-refractivity contribution in [3.05, 3.63) is 29.8 Å². The summed E-state index contributed by atoms with van der Waals surface area (Å²) in [6.45, 7) is 0. The van der Waals surface area contributed by atoms with Crippen LogP contribution in [0.4, 0.5) is 0 Å². The van der Waals surface area contributed by atoms with Gasteiger partial charge in [0.15, 0.2) is 0 Å². The lowest BCUT2D eigenvalue weighted by Gasteiger charge is -2.31. The summed E-state index contributed by atoms with van der Waals surface area (Å²) >= 11 is 2.99. The van der Waals surface area contributed by atoms with Crippen molar-refractivity contribution in [1.82, 2.24) is 0 Å². The first-order valence-corrected chi connectivity index (χ1v) is 6.05. The van der Waals surface area contributed by atoms with E-state index in [9.17, 15) is 0 Å². The number of hydrogen-bond acceptors (Lipinski definition) is 0. The molecule has 0 aromatic heterocycles. The van der Waals surface area contributed by atoms with Gasteiger partial charge in [-0.1, -0.05) is 54.6 Å². The Bertz CT molecular complexity index is 311. The number of rotatable bonds is 1. The molecule has 0 spiro atoms. The lowest BCUT2D eigenvalue weighted by molar-refractivity contribution is 0.445. The van der Waals surface area contributed by atoms with Crippen molar-refractivity contribution in [2.45, 2.75) is 36.4 Å². The van der Waals surface area contributed by atoms with E-state index in [0.717, 1.165) is 5.46 Å². The van der Waals surface area contributed by atoms with Crippen molar-refractivity contribution in [3.8, 4) is 0 Å². The summed E-state index contributed by atoms with van der Waals surface area (Å²) in [4.78, 5) is 0. The van der Waals surface area contributed by atoms with Crippen molar-refractivity contribution in [2.24, 2.45) is 0 Å². The zero-order valence-corrected chi connectivity index (χ0v) is 9.60. The summed E-state index contributed by atoms with van der Waals surface area (Å²) < 4.78 is 0.716. The van der Waals surface area contributed by atoms with E-state index >= 15 is 0 Å². The van der Waals surface area contributed by atoms with Crippen LogP contribution < -0.4 is 5.46 Å². The Labute approximate surface area is 95.9 Å². The van der Waals surface area contributed by atoms with Crippen LogP contribution in [-0.2, 0) is 0 Å². The lowest BCUT2D eigenvalue weighted by atomic mass is 9.77. The minimum atomic E-state index is 0.662. The summed E-state index contributed by atoms with van der Waals surface area (Å²) in [6.07, 6.45) is 5.34. The van der Waals surface area contributed by atoms with Crippen LogP contribution in [-0.4, -0.2) is 24.1 Å². The second kappa shape index (κ2) is 4.56. The lowest BCUT2D eigenvalue weighted by Crippen LogP contribution is -2.20. The molecule has 1 aliphatic carbocycles. The van der Waals surface area contributed by atoms with Gasteiger partial charge < -0.3 is 0 Å². The molecule has 4 radical (unpaired) electrons. The van der Waals surface area contributed by atoms with E-state index in [2.05, 4.69) is 28.4 Å². The van der Waals surface area contributed by atoms with E-state index in [1.165, 1.54) is 31.2 Å². The highest BCUT2D eigenvalue weighted by Crippen LogP contribution is 2.38. The van der Waals surface area contributed by atoms with Crippen LogP contribution in [0.2, 0.25) is 4.78 Å². The molecule has 2 atom stereocenters. The molecule has 0 heterocycles. The predicted octanol–water partition coefficient (Wildman–Crippen LogP) is 2.10. The third-order valence-corrected chi connectivity index (χ3v) is 4.01. The second-order valence-electron chi connectivity index (χ2n) is 4.18. The standard InChI is InChI=1S/C12H14B.Al/c13-12-9-5-4-8-11(12)10-6-2-1-3-7-10;/h4-6,8-10H,1-3,7H2;. The highest BCUT2D eigenvalue weighted by atomic mass is 27.0. The zero-order valence-electron chi connectivity index (χ0n) is 8.45. The average Bonchev–Trinajstić information content (AvgIpc) is 2.20. The minimum Gasteiger partial charge on any atom is -0.101 e. The van der Waals surface area contributed by atoms with Gasteiger partial charge in [-0.15, -0.1) is 4.78 Å². The van der Waals surface area contributed by atoms with E-state index < -0.39 is 0 Å². The van der Waals surface area contributed by atoms with E-state index in [1.807, 2.05) is 12.1 Å². The molecule has 0 N–H and O–H groups in total. The highest BCUT2D eigenvalue weighted by molar-refractivity contribution is 6.33. The van der Waals surface area contributed by atoms with Gasteiger partial charge in [-0.25, -0.2) is 0 Å². The Balaban J connectivity index is 2.25. The van der Waals surface area contributed by atoms with Crippen molar-refractivity contribution in [3.63, 3.8) is 0 Å². The molecule has 0 saturated heterocycles. The zero-order chi connectivity index (χ0) is 9.97. The summed E-state index contributed by atoms with van der Waals surface area (Å²) in [7, 11) is 6.00. The molecule has 1 aliphatic rings. The fraction of sp³-hybridized carbons (Fsp3) is 0.500. The first-order chi connectivity index (χ1) is 6.79. The van der Waals surface area contributed by atoms with Crippen molar-refractivity contribution in [2.75, 3.05) is 0 Å². The molecule has 68 valence electrons. The van der Waals surface area contributed by atoms with E-state index in [1.54, 1.807) is 0 Å². The Kier molecular flexibility index (Phi) is 3.37. The van der Waals surface area contributed by atoms with Gasteiger partial charge in [-0.05, 0) is 12.3 Å². The van der Waals surface area contributed by atoms with Crippen LogP contribution >= 0.6 is 0 Å². The van der Waals surface area contributed by atoms with Gasteiger partial charge in [0.05, 0.1) is 0 Å². The number of benzene rings is 1. The predicted molar refractivity (Wildman–Crippen MR) is 62.5 cm³/mol. The fourth-order valence-corrected chi connectivity index (χ4v) is 3.03. The Morgan fingerprint density at radius 3 is 2.57 bits per heavy atom. The summed E-state index contributed by atoms with van der Waals surface area (Å²) in [5, 5.41) is 0. The molecule has 0 amide bonds. The van der Waals surface area contributed by atoms with E-state index in [-0.39, 0.29) is 0 Å². The summed E-state index contributed by atoms with van der Waals surface area (Å²) in [5.41, 5.74) is 2.32. The first-order valence-electron chi connectivity index (χ1n) is 5.39. The molecule has 14 heavy (non-hydrogen) atoms. The smallest absolute Gasteiger partial charge is 0.101 e. The van der Waals surface area contributed by atoms with Crippen molar-refractivity contribution < 1.29 is 0 Å². The minimum absolute atomic E-state index is 0.662. The van der Waals surface area contributed by atoms with Gasteiger partial charge in [0.2, 0.25) is 0 Å². The van der Waals surface area contributed by atoms with Crippen molar-refractivity contribution >= 4 is 29.6 Å². The first kappa shape index (κ1) is 10.3. The quantitative estimate of drug-likeness (QED) is 0.603. The van der Waals surface area contributed by atoms with Gasteiger partial charge in [-0.3, -0.25) is 0 Å². The van der Waals surface area contributed by atoms with E-state index in [0.29, 0.717) is 10.7 Å². The molecule has 0 bridgehead atoms. The molecule has 2 rings (SSSR count). The maximum atomic E-state index is 6.00. The Morgan fingerprint density at radius 2 is 1.86 bits per heavy atom. The molecule has 0 aliphatic heterocycles. The van der Waals surface area contributed by atoms with Gasteiger partial charge in [0, 0.05) is 0 Å². The molecule has 1 saturated carbocycles. The SMILES string of the molecule is [B]c1ccccc1C1CCCC[CH]1[Al]. The molecule has 2 heteroatoms. The average molecular weight is 196 g/mol. The number of hydrogen-bond donors (Lipinski definition) is 0. The molecule has 1 aromatic rings. The normalized spacial score (nSPS) is 27.4. The molecule has 2 unspecified atom stereocenters. The van der Waals surface area contributed by atoms with Gasteiger partial charge in [0.1, 0.15) is 24.1 Å². The largest absolute Gasteiger partial charge is 0.124 e. The Morgan fingerprint density at radius 1 is 1.14 bits per heavy atom. The maximum absolute atomic E-state index is 6.00. The summed E-state index contributed by atoms with van der Waals surface area (Å²) in [6, 6.07) is 8.31. The molecular weight excluding hydrogens is 182 g/mol. The topological polar surface area (TPSA) is 0 Å². The van der Waals surface area contributed by atoms with Crippen molar-refractivity contribution in [1.29, 1.82) is 0 Å². The van der Waals surface area contributed by atoms with E-state index in [4.69, 9.17) is 7.85 Å². The third kappa shape index (κ3) is 2.07. The second-order valence-corrected chi connectivity index (χ2v) is 5.04. The Hall–Kier alpha value is -0.183. The van der Waals surface area contributed by atoms with Crippen LogP contribution in [0.25, 0.3) is 0 Å². The van der Waals surface area contributed by atoms with Crippen LogP contribution in [0.1, 0.15) is 37.2 Å². The molecular formula is C12H14AlB. The van der Waals surface area contributed by atoms with Gasteiger partial charge in [-0.2, -0.15) is 0 Å². The molecule has 1 aromatic carbocycles. The van der Waals surface area contributed by atoms with Crippen LogP contribution in [0.5, 0.6) is 0 Å². The summed E-state index contributed by atoms with van der Waals surface area (Å²) in [5.74, 6) is 0.662. The van der Waals surface area contributed by atoms with Crippen LogP contribution in [0.15, 0.2) is 24.3 Å². The van der Waals surface area contributed by atoms with Crippen LogP contribution in [0.3, 0.4) is 0 Å².